The predicted molar refractivity (Wildman–Crippen MR) is 200 cm³/mol. The first-order valence-corrected chi connectivity index (χ1v) is 17.1. The summed E-state index contributed by atoms with van der Waals surface area (Å²) in [7, 11) is 0. The third kappa shape index (κ3) is 5.40. The Hall–Kier alpha value is -6.17. The van der Waals surface area contributed by atoms with Crippen molar-refractivity contribution in [1.29, 1.82) is 0 Å². The maximum absolute atomic E-state index is 6.01. The van der Waals surface area contributed by atoms with Crippen molar-refractivity contribution in [3.8, 4) is 56.3 Å². The standard InChI is InChI=1S/C44H29N3OS/c1-2-12-32(13-3-1)43-45-46-44(48-43)33-24-22-30(23-25-33)35-14-4-6-16-37(35)38-17-7-5-15-36(38)31-26-28-34(29-27-31)47-39-18-8-10-20-41(39)49-42-21-11-9-19-40(42)47/h1-29H. The van der Waals surface area contributed by atoms with E-state index in [0.29, 0.717) is 11.8 Å². The predicted octanol–water partition coefficient (Wildman–Crippen LogP) is 12.3. The van der Waals surface area contributed by atoms with Crippen molar-refractivity contribution < 1.29 is 4.42 Å². The summed E-state index contributed by atoms with van der Waals surface area (Å²) in [5.41, 5.74) is 12.3. The van der Waals surface area contributed by atoms with Gasteiger partial charge >= 0.3 is 0 Å². The first-order chi connectivity index (χ1) is 24.3. The van der Waals surface area contributed by atoms with Crippen molar-refractivity contribution in [2.45, 2.75) is 9.79 Å². The van der Waals surface area contributed by atoms with Crippen LogP contribution < -0.4 is 4.90 Å². The molecule has 5 heteroatoms. The molecule has 7 aromatic carbocycles. The molecular weight excluding hydrogens is 619 g/mol. The van der Waals surface area contributed by atoms with E-state index in [0.717, 1.165) is 27.9 Å². The monoisotopic (exact) mass is 647 g/mol. The number of hydrogen-bond acceptors (Lipinski definition) is 5. The molecule has 8 aromatic rings. The Morgan fingerprint density at radius 3 is 1.33 bits per heavy atom. The largest absolute Gasteiger partial charge is 0.416 e. The van der Waals surface area contributed by atoms with Crippen LogP contribution in [0.5, 0.6) is 0 Å². The maximum atomic E-state index is 6.01. The molecule has 0 radical (unpaired) electrons. The number of para-hydroxylation sites is 2. The number of nitrogens with zero attached hydrogens (tertiary/aromatic N) is 3. The average molecular weight is 648 g/mol. The molecule has 4 nitrogen and oxygen atoms in total. The van der Waals surface area contributed by atoms with Gasteiger partial charge in [-0.3, -0.25) is 0 Å². The number of anilines is 3. The van der Waals surface area contributed by atoms with Gasteiger partial charge in [0.2, 0.25) is 11.8 Å². The molecule has 0 aliphatic carbocycles. The van der Waals surface area contributed by atoms with Crippen molar-refractivity contribution >= 4 is 28.8 Å². The Morgan fingerprint density at radius 2 is 0.776 bits per heavy atom. The Morgan fingerprint density at radius 1 is 0.367 bits per heavy atom. The van der Waals surface area contributed by atoms with E-state index in [1.807, 2.05) is 42.1 Å². The van der Waals surface area contributed by atoms with Gasteiger partial charge in [-0.25, -0.2) is 0 Å². The highest BCUT2D eigenvalue weighted by molar-refractivity contribution is 7.99. The van der Waals surface area contributed by atoms with Gasteiger partial charge in [0.1, 0.15) is 0 Å². The highest BCUT2D eigenvalue weighted by atomic mass is 32.2. The van der Waals surface area contributed by atoms with Gasteiger partial charge in [0.05, 0.1) is 11.4 Å². The summed E-state index contributed by atoms with van der Waals surface area (Å²) in [5, 5.41) is 8.58. The zero-order valence-corrected chi connectivity index (χ0v) is 27.2. The smallest absolute Gasteiger partial charge is 0.248 e. The molecule has 1 aliphatic heterocycles. The number of benzene rings is 7. The highest BCUT2D eigenvalue weighted by Gasteiger charge is 2.24. The van der Waals surface area contributed by atoms with Crippen LogP contribution in [0.3, 0.4) is 0 Å². The van der Waals surface area contributed by atoms with Crippen LogP contribution in [0.2, 0.25) is 0 Å². The van der Waals surface area contributed by atoms with Gasteiger partial charge < -0.3 is 9.32 Å². The molecule has 0 saturated carbocycles. The van der Waals surface area contributed by atoms with Crippen LogP contribution in [0.25, 0.3) is 56.3 Å². The molecule has 0 fully saturated rings. The minimum Gasteiger partial charge on any atom is -0.416 e. The van der Waals surface area contributed by atoms with E-state index >= 15 is 0 Å². The molecule has 0 N–H and O–H groups in total. The lowest BCUT2D eigenvalue weighted by atomic mass is 9.89. The van der Waals surface area contributed by atoms with Crippen LogP contribution in [0.1, 0.15) is 0 Å². The minimum atomic E-state index is 0.503. The second kappa shape index (κ2) is 12.5. The van der Waals surface area contributed by atoms with Crippen molar-refractivity contribution in [2.24, 2.45) is 0 Å². The first-order valence-electron chi connectivity index (χ1n) is 16.2. The second-order valence-electron chi connectivity index (χ2n) is 11.9. The van der Waals surface area contributed by atoms with Crippen molar-refractivity contribution in [2.75, 3.05) is 4.90 Å². The van der Waals surface area contributed by atoms with Crippen molar-refractivity contribution in [1.82, 2.24) is 10.2 Å². The molecule has 9 rings (SSSR count). The van der Waals surface area contributed by atoms with E-state index in [-0.39, 0.29) is 0 Å². The summed E-state index contributed by atoms with van der Waals surface area (Å²) in [6.45, 7) is 0. The second-order valence-corrected chi connectivity index (χ2v) is 13.0. The lowest BCUT2D eigenvalue weighted by Crippen LogP contribution is -2.14. The van der Waals surface area contributed by atoms with Crippen molar-refractivity contribution in [3.63, 3.8) is 0 Å². The van der Waals surface area contributed by atoms with Gasteiger partial charge in [0, 0.05) is 26.6 Å². The fourth-order valence-corrected chi connectivity index (χ4v) is 7.60. The fourth-order valence-electron chi connectivity index (χ4n) is 6.54. The zero-order chi connectivity index (χ0) is 32.6. The molecule has 0 spiro atoms. The lowest BCUT2D eigenvalue weighted by Gasteiger charge is -2.32. The van der Waals surface area contributed by atoms with E-state index in [1.165, 1.54) is 43.4 Å². The Bertz CT molecular complexity index is 2370. The van der Waals surface area contributed by atoms with Crippen LogP contribution in [-0.4, -0.2) is 10.2 Å². The summed E-state index contributed by atoms with van der Waals surface area (Å²) in [6.07, 6.45) is 0. The van der Waals surface area contributed by atoms with E-state index in [1.54, 1.807) is 0 Å². The molecule has 49 heavy (non-hydrogen) atoms. The van der Waals surface area contributed by atoms with Crippen molar-refractivity contribution in [3.05, 3.63) is 176 Å². The summed E-state index contributed by atoms with van der Waals surface area (Å²) in [4.78, 5) is 4.88. The molecule has 0 bridgehead atoms. The molecule has 1 aromatic heterocycles. The summed E-state index contributed by atoms with van der Waals surface area (Å²) >= 11 is 1.83. The molecule has 2 heterocycles. The van der Waals surface area contributed by atoms with Crippen LogP contribution in [-0.2, 0) is 0 Å². The van der Waals surface area contributed by atoms with Gasteiger partial charge in [-0.05, 0) is 94.0 Å². The molecule has 1 aliphatic rings. The van der Waals surface area contributed by atoms with E-state index < -0.39 is 0 Å². The SMILES string of the molecule is c1ccc(-c2nnc(-c3ccc(-c4ccccc4-c4ccccc4-c4ccc(N5c6ccccc6Sc6ccccc65)cc4)cc3)o2)cc1. The normalized spacial score (nSPS) is 12.0. The number of aromatic nitrogens is 2. The molecule has 0 amide bonds. The van der Waals surface area contributed by atoms with E-state index in [2.05, 4.69) is 161 Å². The van der Waals surface area contributed by atoms with Crippen LogP contribution in [0.4, 0.5) is 17.1 Å². The van der Waals surface area contributed by atoms with Gasteiger partial charge in [0.15, 0.2) is 0 Å². The Balaban J connectivity index is 1.04. The van der Waals surface area contributed by atoms with Gasteiger partial charge in [-0.2, -0.15) is 0 Å². The number of fused-ring (bicyclic) bond motifs is 2. The van der Waals surface area contributed by atoms with Gasteiger partial charge in [-0.15, -0.1) is 10.2 Å². The number of rotatable bonds is 6. The van der Waals surface area contributed by atoms with Crippen LogP contribution in [0.15, 0.2) is 190 Å². The summed E-state index contributed by atoms with van der Waals surface area (Å²) < 4.78 is 6.01. The molecule has 0 atom stereocenters. The molecule has 0 saturated heterocycles. The molecule has 232 valence electrons. The quantitative estimate of drug-likeness (QED) is 0.180. The molecular formula is C44H29N3OS. The summed E-state index contributed by atoms with van der Waals surface area (Å²) in [6, 6.07) is 61.7. The van der Waals surface area contributed by atoms with Crippen LogP contribution >= 0.6 is 11.8 Å². The van der Waals surface area contributed by atoms with Gasteiger partial charge in [0.25, 0.3) is 0 Å². The maximum Gasteiger partial charge on any atom is 0.248 e. The topological polar surface area (TPSA) is 42.2 Å². The van der Waals surface area contributed by atoms with Gasteiger partial charge in [-0.1, -0.05) is 127 Å². The number of hydrogen-bond donors (Lipinski definition) is 0. The van der Waals surface area contributed by atoms with E-state index in [9.17, 15) is 0 Å². The fraction of sp³-hybridized carbons (Fsp3) is 0. The third-order valence-corrected chi connectivity index (χ3v) is 10.0. The highest BCUT2D eigenvalue weighted by Crippen LogP contribution is 2.51. The van der Waals surface area contributed by atoms with E-state index in [4.69, 9.17) is 4.42 Å². The molecule has 0 unspecified atom stereocenters. The third-order valence-electron chi connectivity index (χ3n) is 8.90. The zero-order valence-electron chi connectivity index (χ0n) is 26.4. The lowest BCUT2D eigenvalue weighted by molar-refractivity contribution is 0.584. The average Bonchev–Trinajstić information content (AvgIpc) is 3.68. The first kappa shape index (κ1) is 29.0. The minimum absolute atomic E-state index is 0.503. The summed E-state index contributed by atoms with van der Waals surface area (Å²) in [5.74, 6) is 1.02. The Kier molecular flexibility index (Phi) is 7.37. The Labute approximate surface area is 289 Å². The van der Waals surface area contributed by atoms with Crippen LogP contribution in [0, 0.1) is 0 Å².